The van der Waals surface area contributed by atoms with E-state index in [9.17, 15) is 35.5 Å². The zero-order valence-electron chi connectivity index (χ0n) is 6.75. The summed E-state index contributed by atoms with van der Waals surface area (Å²) in [5.41, 5.74) is 0. The molecule has 0 aromatic carbocycles. The molecule has 0 atom stereocenters. The molecule has 0 spiro atoms. The van der Waals surface area contributed by atoms with Crippen molar-refractivity contribution in [1.82, 2.24) is 0 Å². The van der Waals surface area contributed by atoms with Gasteiger partial charge in [-0.25, -0.2) is 4.79 Å². The molecule has 0 aromatic heterocycles. The van der Waals surface area contributed by atoms with E-state index in [4.69, 9.17) is 0 Å². The standard InChI is InChI=1S/C6H3F7O2/c7-3(1-2-5(8,9)10)4(14)15-6(11,12)13/h1H,2H2. The molecule has 0 saturated heterocycles. The maximum atomic E-state index is 12.2. The molecule has 2 nitrogen and oxygen atoms in total. The molecule has 9 heteroatoms. The zero-order valence-corrected chi connectivity index (χ0v) is 6.75. The molecule has 0 radical (unpaired) electrons. The van der Waals surface area contributed by atoms with Crippen LogP contribution in [0, 0.1) is 0 Å². The molecule has 0 aliphatic carbocycles. The van der Waals surface area contributed by atoms with Crippen molar-refractivity contribution >= 4 is 5.97 Å². The van der Waals surface area contributed by atoms with Crippen LogP contribution in [0.1, 0.15) is 6.42 Å². The number of esters is 1. The van der Waals surface area contributed by atoms with Gasteiger partial charge < -0.3 is 4.74 Å². The minimum atomic E-state index is -5.43. The highest BCUT2D eigenvalue weighted by Gasteiger charge is 2.36. The van der Waals surface area contributed by atoms with Gasteiger partial charge in [0.2, 0.25) is 5.83 Å². The Morgan fingerprint density at radius 1 is 1.13 bits per heavy atom. The smallest absolute Gasteiger partial charge is 0.367 e. The van der Waals surface area contributed by atoms with E-state index >= 15 is 0 Å². The number of carbonyl (C=O) groups excluding carboxylic acids is 1. The van der Waals surface area contributed by atoms with Crippen LogP contribution in [0.5, 0.6) is 0 Å². The van der Waals surface area contributed by atoms with E-state index in [1.165, 1.54) is 0 Å². The van der Waals surface area contributed by atoms with Crippen molar-refractivity contribution in [3.05, 3.63) is 11.9 Å². The summed E-state index contributed by atoms with van der Waals surface area (Å²) in [4.78, 5) is 10.1. The molecule has 0 heterocycles. The van der Waals surface area contributed by atoms with Gasteiger partial charge in [-0.2, -0.15) is 17.6 Å². The second-order valence-corrected chi connectivity index (χ2v) is 2.21. The lowest BCUT2D eigenvalue weighted by molar-refractivity contribution is -0.304. The van der Waals surface area contributed by atoms with Crippen LogP contribution >= 0.6 is 0 Å². The SMILES string of the molecule is O=C(OC(F)(F)F)C(F)=CCC(F)(F)F. The first-order chi connectivity index (χ1) is 6.51. The number of allylic oxidation sites excluding steroid dienone is 1. The monoisotopic (exact) mass is 240 g/mol. The summed E-state index contributed by atoms with van der Waals surface area (Å²) in [6.07, 6.45) is -12.4. The molecule has 88 valence electrons. The first-order valence-corrected chi connectivity index (χ1v) is 3.24. The Balaban J connectivity index is 4.33. The third-order valence-electron chi connectivity index (χ3n) is 0.916. The van der Waals surface area contributed by atoms with Crippen LogP contribution < -0.4 is 0 Å². The summed E-state index contributed by atoms with van der Waals surface area (Å²) >= 11 is 0. The van der Waals surface area contributed by atoms with E-state index in [2.05, 4.69) is 4.74 Å². The summed E-state index contributed by atoms with van der Waals surface area (Å²) in [6, 6.07) is 0. The fourth-order valence-electron chi connectivity index (χ4n) is 0.443. The van der Waals surface area contributed by atoms with Gasteiger partial charge in [0.15, 0.2) is 0 Å². The quantitative estimate of drug-likeness (QED) is 0.421. The summed E-state index contributed by atoms with van der Waals surface area (Å²) < 4.78 is 82.9. The normalized spacial score (nSPS) is 13.9. The number of ether oxygens (including phenoxy) is 1. The van der Waals surface area contributed by atoms with Gasteiger partial charge in [-0.1, -0.05) is 0 Å². The predicted molar refractivity (Wildman–Crippen MR) is 32.0 cm³/mol. The minimum Gasteiger partial charge on any atom is -0.367 e. The molecular weight excluding hydrogens is 237 g/mol. The van der Waals surface area contributed by atoms with Crippen molar-refractivity contribution in [3.8, 4) is 0 Å². The minimum absolute atomic E-state index is 0.339. The van der Waals surface area contributed by atoms with Crippen molar-refractivity contribution in [2.45, 2.75) is 19.0 Å². The molecule has 0 fully saturated rings. The van der Waals surface area contributed by atoms with E-state index in [0.717, 1.165) is 0 Å². The number of rotatable bonds is 2. The predicted octanol–water partition coefficient (Wildman–Crippen LogP) is 2.86. The van der Waals surface area contributed by atoms with Gasteiger partial charge in [-0.05, 0) is 6.08 Å². The van der Waals surface area contributed by atoms with Crippen LogP contribution in [-0.2, 0) is 9.53 Å². The number of hydrogen-bond donors (Lipinski definition) is 0. The molecule has 0 unspecified atom stereocenters. The third kappa shape index (κ3) is 7.77. The van der Waals surface area contributed by atoms with Gasteiger partial charge in [0.05, 0.1) is 6.42 Å². The Bertz CT molecular complexity index is 262. The second-order valence-electron chi connectivity index (χ2n) is 2.21. The molecule has 0 aromatic rings. The molecule has 0 bridgehead atoms. The molecule has 0 rings (SSSR count). The molecule has 0 aliphatic rings. The zero-order chi connectivity index (χ0) is 12.3. The Labute approximate surface area is 78.3 Å². The van der Waals surface area contributed by atoms with Crippen LogP contribution in [-0.4, -0.2) is 18.5 Å². The molecule has 15 heavy (non-hydrogen) atoms. The van der Waals surface area contributed by atoms with Gasteiger partial charge >= 0.3 is 18.5 Å². The fourth-order valence-corrected chi connectivity index (χ4v) is 0.443. The molecule has 0 aliphatic heterocycles. The highest BCUT2D eigenvalue weighted by atomic mass is 19.4. The van der Waals surface area contributed by atoms with Crippen molar-refractivity contribution in [1.29, 1.82) is 0 Å². The van der Waals surface area contributed by atoms with E-state index in [-0.39, 0.29) is 6.08 Å². The van der Waals surface area contributed by atoms with Gasteiger partial charge in [0, 0.05) is 0 Å². The highest BCUT2D eigenvalue weighted by Crippen LogP contribution is 2.23. The number of hydrogen-bond acceptors (Lipinski definition) is 2. The highest BCUT2D eigenvalue weighted by molar-refractivity contribution is 5.86. The molecular formula is C6H3F7O2. The topological polar surface area (TPSA) is 26.3 Å². The average Bonchev–Trinajstić information content (AvgIpc) is 1.95. The Morgan fingerprint density at radius 3 is 1.93 bits per heavy atom. The van der Waals surface area contributed by atoms with E-state index < -0.39 is 30.8 Å². The summed E-state index contributed by atoms with van der Waals surface area (Å²) in [5, 5.41) is 0. The van der Waals surface area contributed by atoms with Crippen molar-refractivity contribution < 1.29 is 40.3 Å². The summed E-state index contributed by atoms with van der Waals surface area (Å²) in [6.45, 7) is 0. The number of carbonyl (C=O) groups is 1. The lowest BCUT2D eigenvalue weighted by Crippen LogP contribution is -2.19. The van der Waals surface area contributed by atoms with Crippen LogP contribution in [0.4, 0.5) is 30.7 Å². The molecule has 0 N–H and O–H groups in total. The first-order valence-electron chi connectivity index (χ1n) is 3.24. The van der Waals surface area contributed by atoms with Gasteiger partial charge in [-0.3, -0.25) is 0 Å². The van der Waals surface area contributed by atoms with Gasteiger partial charge in [0.1, 0.15) is 0 Å². The van der Waals surface area contributed by atoms with Crippen LogP contribution in [0.25, 0.3) is 0 Å². The first kappa shape index (κ1) is 13.7. The Morgan fingerprint density at radius 2 is 1.60 bits per heavy atom. The lowest BCUT2D eigenvalue weighted by atomic mass is 10.3. The van der Waals surface area contributed by atoms with E-state index in [0.29, 0.717) is 0 Å². The van der Waals surface area contributed by atoms with Crippen molar-refractivity contribution in [3.63, 3.8) is 0 Å². The van der Waals surface area contributed by atoms with E-state index in [1.807, 2.05) is 0 Å². The largest absolute Gasteiger partial charge is 0.575 e. The van der Waals surface area contributed by atoms with Crippen LogP contribution in [0.15, 0.2) is 11.9 Å². The summed E-state index contributed by atoms with van der Waals surface area (Å²) in [5.74, 6) is -4.75. The van der Waals surface area contributed by atoms with E-state index in [1.54, 1.807) is 0 Å². The Kier molecular flexibility index (Phi) is 4.11. The number of halogens is 7. The maximum absolute atomic E-state index is 12.2. The number of alkyl halides is 6. The maximum Gasteiger partial charge on any atom is 0.575 e. The third-order valence-corrected chi connectivity index (χ3v) is 0.916. The summed E-state index contributed by atoms with van der Waals surface area (Å²) in [7, 11) is 0. The molecule has 0 saturated carbocycles. The van der Waals surface area contributed by atoms with Crippen LogP contribution in [0.2, 0.25) is 0 Å². The fraction of sp³-hybridized carbons (Fsp3) is 0.500. The second kappa shape index (κ2) is 4.49. The van der Waals surface area contributed by atoms with Gasteiger partial charge in [0.25, 0.3) is 0 Å². The van der Waals surface area contributed by atoms with Crippen molar-refractivity contribution in [2.75, 3.05) is 0 Å². The lowest BCUT2D eigenvalue weighted by Gasteiger charge is -2.05. The van der Waals surface area contributed by atoms with Crippen molar-refractivity contribution in [2.24, 2.45) is 0 Å². The average molecular weight is 240 g/mol. The molecule has 0 amide bonds. The Hall–Kier alpha value is -1.28. The van der Waals surface area contributed by atoms with Crippen LogP contribution in [0.3, 0.4) is 0 Å². The van der Waals surface area contributed by atoms with Gasteiger partial charge in [-0.15, -0.1) is 13.2 Å².